The molecule has 0 unspecified atom stereocenters. The summed E-state index contributed by atoms with van der Waals surface area (Å²) in [7, 11) is 0. The minimum Gasteiger partial charge on any atom is -0.326 e. The zero-order chi connectivity index (χ0) is 13.8. The van der Waals surface area contributed by atoms with Crippen LogP contribution in [0.2, 0.25) is 5.02 Å². The second-order valence-corrected chi connectivity index (χ2v) is 5.14. The third-order valence-electron chi connectivity index (χ3n) is 3.55. The summed E-state index contributed by atoms with van der Waals surface area (Å²) in [6.07, 6.45) is 2.05. The maximum absolute atomic E-state index is 6.15. The Morgan fingerprint density at radius 1 is 0.895 bits per heavy atom. The molecule has 2 aromatic rings. The van der Waals surface area contributed by atoms with E-state index in [1.807, 2.05) is 18.2 Å². The molecule has 0 aliphatic carbocycles. The van der Waals surface area contributed by atoms with Crippen molar-refractivity contribution >= 4 is 11.6 Å². The first-order valence-electron chi connectivity index (χ1n) is 6.80. The van der Waals surface area contributed by atoms with E-state index in [4.69, 9.17) is 17.3 Å². The highest BCUT2D eigenvalue weighted by Crippen LogP contribution is 2.31. The van der Waals surface area contributed by atoms with Gasteiger partial charge in [-0.1, -0.05) is 49.7 Å². The number of halogens is 1. The lowest BCUT2D eigenvalue weighted by molar-refractivity contribution is 1.06. The molecule has 0 saturated heterocycles. The average Bonchev–Trinajstić information content (AvgIpc) is 2.46. The van der Waals surface area contributed by atoms with Gasteiger partial charge in [-0.2, -0.15) is 0 Å². The molecule has 1 nitrogen and oxygen atoms in total. The van der Waals surface area contributed by atoms with E-state index in [1.165, 1.54) is 22.3 Å². The van der Waals surface area contributed by atoms with Gasteiger partial charge < -0.3 is 5.73 Å². The molecule has 0 bridgehead atoms. The van der Waals surface area contributed by atoms with Crippen LogP contribution in [0.4, 0.5) is 0 Å². The topological polar surface area (TPSA) is 26.0 Å². The molecule has 2 rings (SSSR count). The summed E-state index contributed by atoms with van der Waals surface area (Å²) in [6.45, 7) is 4.88. The van der Waals surface area contributed by atoms with E-state index in [2.05, 4.69) is 32.0 Å². The molecule has 0 heterocycles. The fourth-order valence-electron chi connectivity index (χ4n) is 2.38. The molecular formula is C17H20ClN. The van der Waals surface area contributed by atoms with Gasteiger partial charge in [0, 0.05) is 11.6 Å². The molecule has 2 aromatic carbocycles. The second kappa shape index (κ2) is 6.23. The summed E-state index contributed by atoms with van der Waals surface area (Å²) in [5.74, 6) is 0. The van der Waals surface area contributed by atoms with E-state index in [0.717, 1.165) is 23.4 Å². The number of aryl methyl sites for hydroxylation is 2. The van der Waals surface area contributed by atoms with Crippen LogP contribution in [0, 0.1) is 0 Å². The van der Waals surface area contributed by atoms with Crippen LogP contribution in [0.15, 0.2) is 36.4 Å². The maximum atomic E-state index is 6.15. The van der Waals surface area contributed by atoms with E-state index in [-0.39, 0.29) is 0 Å². The molecule has 0 aromatic heterocycles. The molecule has 0 aliphatic rings. The third kappa shape index (κ3) is 2.99. The zero-order valence-electron chi connectivity index (χ0n) is 11.5. The van der Waals surface area contributed by atoms with Crippen LogP contribution >= 0.6 is 11.6 Å². The molecule has 19 heavy (non-hydrogen) atoms. The Morgan fingerprint density at radius 3 is 2.21 bits per heavy atom. The molecule has 0 saturated carbocycles. The van der Waals surface area contributed by atoms with E-state index < -0.39 is 0 Å². The van der Waals surface area contributed by atoms with Crippen LogP contribution in [-0.2, 0) is 19.4 Å². The summed E-state index contributed by atoms with van der Waals surface area (Å²) >= 11 is 6.15. The van der Waals surface area contributed by atoms with Gasteiger partial charge in [-0.3, -0.25) is 0 Å². The Morgan fingerprint density at radius 2 is 1.58 bits per heavy atom. The van der Waals surface area contributed by atoms with Crippen molar-refractivity contribution in [2.24, 2.45) is 5.73 Å². The van der Waals surface area contributed by atoms with Crippen molar-refractivity contribution in [3.63, 3.8) is 0 Å². The lowest BCUT2D eigenvalue weighted by Gasteiger charge is -2.14. The van der Waals surface area contributed by atoms with Gasteiger partial charge in [-0.25, -0.2) is 0 Å². The Hall–Kier alpha value is -1.31. The van der Waals surface area contributed by atoms with Crippen LogP contribution in [0.25, 0.3) is 11.1 Å². The molecule has 0 atom stereocenters. The van der Waals surface area contributed by atoms with Gasteiger partial charge in [0.15, 0.2) is 0 Å². The van der Waals surface area contributed by atoms with Crippen molar-refractivity contribution in [3.05, 3.63) is 58.1 Å². The van der Waals surface area contributed by atoms with Gasteiger partial charge in [0.2, 0.25) is 0 Å². The van der Waals surface area contributed by atoms with Gasteiger partial charge in [0.25, 0.3) is 0 Å². The van der Waals surface area contributed by atoms with Gasteiger partial charge in [0.05, 0.1) is 0 Å². The molecular weight excluding hydrogens is 254 g/mol. The third-order valence-corrected chi connectivity index (χ3v) is 3.78. The summed E-state index contributed by atoms with van der Waals surface area (Å²) < 4.78 is 0. The van der Waals surface area contributed by atoms with Crippen molar-refractivity contribution in [3.8, 4) is 11.1 Å². The quantitative estimate of drug-likeness (QED) is 0.866. The van der Waals surface area contributed by atoms with E-state index >= 15 is 0 Å². The fraction of sp³-hybridized carbons (Fsp3) is 0.294. The van der Waals surface area contributed by atoms with Gasteiger partial charge >= 0.3 is 0 Å². The standard InChI is InChI=1S/C17H20ClN/c1-3-12-5-6-13(4-2)16(9-12)17-10-15(18)8-7-14(17)11-19/h5-10H,3-4,11,19H2,1-2H3. The molecule has 0 spiro atoms. The van der Waals surface area contributed by atoms with Crippen LogP contribution in [0.3, 0.4) is 0 Å². The summed E-state index contributed by atoms with van der Waals surface area (Å²) in [4.78, 5) is 0. The maximum Gasteiger partial charge on any atom is 0.0412 e. The predicted molar refractivity (Wildman–Crippen MR) is 83.5 cm³/mol. The largest absolute Gasteiger partial charge is 0.326 e. The lowest BCUT2D eigenvalue weighted by atomic mass is 9.92. The van der Waals surface area contributed by atoms with Crippen LogP contribution in [-0.4, -0.2) is 0 Å². The van der Waals surface area contributed by atoms with E-state index in [1.54, 1.807) is 0 Å². The van der Waals surface area contributed by atoms with Crippen LogP contribution in [0.1, 0.15) is 30.5 Å². The zero-order valence-corrected chi connectivity index (χ0v) is 12.3. The molecule has 0 fully saturated rings. The Labute approximate surface area is 120 Å². The number of benzene rings is 2. The normalized spacial score (nSPS) is 10.7. The first-order valence-corrected chi connectivity index (χ1v) is 7.18. The summed E-state index contributed by atoms with van der Waals surface area (Å²) in [6, 6.07) is 12.6. The average molecular weight is 274 g/mol. The summed E-state index contributed by atoms with van der Waals surface area (Å²) in [5.41, 5.74) is 12.1. The Bertz CT molecular complexity index is 575. The number of hydrogen-bond donors (Lipinski definition) is 1. The van der Waals surface area contributed by atoms with Crippen molar-refractivity contribution < 1.29 is 0 Å². The predicted octanol–water partition coefficient (Wildman–Crippen LogP) is 4.59. The summed E-state index contributed by atoms with van der Waals surface area (Å²) in [5, 5.41) is 0.760. The molecule has 2 N–H and O–H groups in total. The highest BCUT2D eigenvalue weighted by Gasteiger charge is 2.09. The van der Waals surface area contributed by atoms with Crippen LogP contribution in [0.5, 0.6) is 0 Å². The highest BCUT2D eigenvalue weighted by molar-refractivity contribution is 6.30. The van der Waals surface area contributed by atoms with Gasteiger partial charge in [-0.15, -0.1) is 0 Å². The molecule has 0 radical (unpaired) electrons. The van der Waals surface area contributed by atoms with Crippen molar-refractivity contribution in [2.75, 3.05) is 0 Å². The second-order valence-electron chi connectivity index (χ2n) is 4.70. The van der Waals surface area contributed by atoms with Crippen LogP contribution < -0.4 is 5.73 Å². The monoisotopic (exact) mass is 273 g/mol. The van der Waals surface area contributed by atoms with E-state index in [0.29, 0.717) is 6.54 Å². The molecule has 2 heteroatoms. The highest BCUT2D eigenvalue weighted by atomic mass is 35.5. The molecule has 0 amide bonds. The van der Waals surface area contributed by atoms with Gasteiger partial charge in [0.1, 0.15) is 0 Å². The lowest BCUT2D eigenvalue weighted by Crippen LogP contribution is -2.00. The molecule has 100 valence electrons. The van der Waals surface area contributed by atoms with Gasteiger partial charge in [-0.05, 0) is 52.8 Å². The Balaban J connectivity index is 2.65. The fourth-order valence-corrected chi connectivity index (χ4v) is 2.55. The van der Waals surface area contributed by atoms with E-state index in [9.17, 15) is 0 Å². The minimum atomic E-state index is 0.534. The molecule has 0 aliphatic heterocycles. The first kappa shape index (κ1) is 14.1. The smallest absolute Gasteiger partial charge is 0.0412 e. The minimum absolute atomic E-state index is 0.534. The Kier molecular flexibility index (Phi) is 4.62. The van der Waals surface area contributed by atoms with Crippen molar-refractivity contribution in [1.29, 1.82) is 0 Å². The van der Waals surface area contributed by atoms with Crippen molar-refractivity contribution in [1.82, 2.24) is 0 Å². The first-order chi connectivity index (χ1) is 9.19. The number of nitrogens with two attached hydrogens (primary N) is 1. The van der Waals surface area contributed by atoms with Crippen molar-refractivity contribution in [2.45, 2.75) is 33.2 Å². The number of rotatable bonds is 4. The SMILES string of the molecule is CCc1ccc(CC)c(-c2cc(Cl)ccc2CN)c1. The number of hydrogen-bond acceptors (Lipinski definition) is 1.